The van der Waals surface area contributed by atoms with E-state index < -0.39 is 13.7 Å². The van der Waals surface area contributed by atoms with Crippen molar-refractivity contribution < 1.29 is 28.2 Å². The topological polar surface area (TPSA) is 74.2 Å². The molecule has 7 heteroatoms. The van der Waals surface area contributed by atoms with Crippen LogP contribution in [0.25, 0.3) is 0 Å². The van der Waals surface area contributed by atoms with Crippen molar-refractivity contribution in [1.29, 1.82) is 0 Å². The van der Waals surface area contributed by atoms with E-state index in [2.05, 4.69) is 24.3 Å². The minimum absolute atomic E-state index is 0.0707. The molecule has 0 aliphatic rings. The zero-order chi connectivity index (χ0) is 26.8. The lowest BCUT2D eigenvalue weighted by molar-refractivity contribution is 0.0505. The third-order valence-electron chi connectivity index (χ3n) is 6.23. The van der Waals surface area contributed by atoms with Crippen molar-refractivity contribution in [3.63, 3.8) is 0 Å². The zero-order valence-corrected chi connectivity index (χ0v) is 23.4. The Morgan fingerprint density at radius 2 is 1.51 bits per heavy atom. The average molecular weight is 527 g/mol. The van der Waals surface area contributed by atoms with Crippen LogP contribution in [-0.4, -0.2) is 38.4 Å². The van der Waals surface area contributed by atoms with E-state index in [0.717, 1.165) is 35.3 Å². The van der Waals surface area contributed by atoms with E-state index >= 15 is 0 Å². The summed E-state index contributed by atoms with van der Waals surface area (Å²) in [4.78, 5) is 0. The van der Waals surface area contributed by atoms with Gasteiger partial charge in [0.05, 0.1) is 25.5 Å². The molecule has 0 heterocycles. The number of aryl methyl sites for hydroxylation is 2. The summed E-state index contributed by atoms with van der Waals surface area (Å²) in [6.07, 6.45) is 0.497. The van der Waals surface area contributed by atoms with Crippen LogP contribution in [0.2, 0.25) is 0 Å². The van der Waals surface area contributed by atoms with Crippen molar-refractivity contribution in [2.45, 2.75) is 46.6 Å². The van der Waals surface area contributed by atoms with Crippen molar-refractivity contribution in [2.24, 2.45) is 0 Å². The summed E-state index contributed by atoms with van der Waals surface area (Å²) in [6.45, 7) is 8.35. The number of rotatable bonds is 14. The van der Waals surface area contributed by atoms with Crippen molar-refractivity contribution >= 4 is 7.60 Å². The fourth-order valence-electron chi connectivity index (χ4n) is 4.52. The average Bonchev–Trinajstić information content (AvgIpc) is 2.86. The third-order valence-corrected chi connectivity index (χ3v) is 8.32. The Hall–Kier alpha value is -2.47. The molecule has 1 atom stereocenters. The Kier molecular flexibility index (Phi) is 10.9. The summed E-state index contributed by atoms with van der Waals surface area (Å²) in [6, 6.07) is 20.5. The quantitative estimate of drug-likeness (QED) is 0.185. The molecule has 0 saturated heterocycles. The van der Waals surface area contributed by atoms with Crippen molar-refractivity contribution in [3.05, 3.63) is 99.6 Å². The van der Waals surface area contributed by atoms with Crippen LogP contribution in [-0.2, 0) is 31.2 Å². The Labute approximate surface area is 221 Å². The minimum atomic E-state index is -3.36. The monoisotopic (exact) mass is 526 g/mol. The van der Waals surface area contributed by atoms with E-state index in [0.29, 0.717) is 5.56 Å². The van der Waals surface area contributed by atoms with Crippen LogP contribution in [0.3, 0.4) is 0 Å². The summed E-state index contributed by atoms with van der Waals surface area (Å²) in [5.74, 6) is 0.814. The number of hydrogen-bond donors (Lipinski definition) is 1. The summed E-state index contributed by atoms with van der Waals surface area (Å²) < 4.78 is 34.6. The highest BCUT2D eigenvalue weighted by molar-refractivity contribution is 7.53. The molecule has 0 bridgehead atoms. The Bertz CT molecular complexity index is 1160. The Morgan fingerprint density at radius 1 is 0.865 bits per heavy atom. The summed E-state index contributed by atoms with van der Waals surface area (Å²) >= 11 is 0. The van der Waals surface area contributed by atoms with Gasteiger partial charge in [0.2, 0.25) is 0 Å². The highest BCUT2D eigenvalue weighted by atomic mass is 31.2. The highest BCUT2D eigenvalue weighted by Crippen LogP contribution is 2.50. The Balaban J connectivity index is 1.84. The lowest BCUT2D eigenvalue weighted by atomic mass is 9.91. The van der Waals surface area contributed by atoms with E-state index in [1.54, 1.807) is 21.0 Å². The lowest BCUT2D eigenvalue weighted by Crippen LogP contribution is -2.10. The van der Waals surface area contributed by atoms with Crippen LogP contribution in [0.4, 0.5) is 0 Å². The zero-order valence-electron chi connectivity index (χ0n) is 22.5. The van der Waals surface area contributed by atoms with E-state index in [-0.39, 0.29) is 26.2 Å². The van der Waals surface area contributed by atoms with Gasteiger partial charge >= 0.3 is 7.60 Å². The first-order chi connectivity index (χ1) is 17.8. The second-order valence-corrected chi connectivity index (χ2v) is 11.2. The van der Waals surface area contributed by atoms with Gasteiger partial charge in [-0.15, -0.1) is 0 Å². The smallest absolute Gasteiger partial charge is 0.333 e. The van der Waals surface area contributed by atoms with Gasteiger partial charge in [0.15, 0.2) is 6.79 Å². The predicted molar refractivity (Wildman–Crippen MR) is 148 cm³/mol. The van der Waals surface area contributed by atoms with Gasteiger partial charge in [-0.2, -0.15) is 0 Å². The normalized spacial score (nSPS) is 12.5. The van der Waals surface area contributed by atoms with Gasteiger partial charge in [-0.3, -0.25) is 4.57 Å². The first kappa shape index (κ1) is 29.1. The van der Waals surface area contributed by atoms with E-state index in [1.807, 2.05) is 50.2 Å². The number of methoxy groups -OCH3 is 1. The number of benzene rings is 3. The second kappa shape index (κ2) is 13.9. The molecule has 3 rings (SSSR count). The molecular weight excluding hydrogens is 487 g/mol. The largest absolute Gasteiger partial charge is 0.467 e. The summed E-state index contributed by atoms with van der Waals surface area (Å²) in [5.41, 5.74) is 7.54. The number of ether oxygens (including phenoxy) is 2. The van der Waals surface area contributed by atoms with E-state index in [4.69, 9.17) is 18.5 Å². The molecule has 37 heavy (non-hydrogen) atoms. The Morgan fingerprint density at radius 3 is 2.11 bits per heavy atom. The third kappa shape index (κ3) is 8.26. The van der Waals surface area contributed by atoms with Crippen molar-refractivity contribution in [2.75, 3.05) is 33.3 Å². The molecule has 0 aromatic heterocycles. The van der Waals surface area contributed by atoms with Crippen LogP contribution in [0.5, 0.6) is 5.75 Å². The molecule has 0 amide bonds. The fraction of sp³-hybridized carbons (Fsp3) is 0.400. The van der Waals surface area contributed by atoms with Gasteiger partial charge in [-0.05, 0) is 79.1 Å². The van der Waals surface area contributed by atoms with Crippen molar-refractivity contribution in [3.8, 4) is 5.75 Å². The van der Waals surface area contributed by atoms with Crippen LogP contribution in [0, 0.1) is 13.8 Å². The second-order valence-electron chi connectivity index (χ2n) is 9.11. The molecule has 0 fully saturated rings. The van der Waals surface area contributed by atoms with Gasteiger partial charge in [0.1, 0.15) is 5.75 Å². The van der Waals surface area contributed by atoms with Gasteiger partial charge in [-0.1, -0.05) is 54.6 Å². The summed E-state index contributed by atoms with van der Waals surface area (Å²) in [5, 5.41) is 10.9. The molecule has 1 N–H and O–H groups in total. The van der Waals surface area contributed by atoms with Crippen LogP contribution in [0.1, 0.15) is 58.9 Å². The van der Waals surface area contributed by atoms with E-state index in [1.165, 1.54) is 16.7 Å². The number of aliphatic hydroxyl groups excluding tert-OH is 1. The maximum absolute atomic E-state index is 12.9. The molecule has 0 spiro atoms. The molecule has 0 radical (unpaired) electrons. The van der Waals surface area contributed by atoms with Gasteiger partial charge in [-0.25, -0.2) is 0 Å². The molecule has 0 aliphatic heterocycles. The standard InChI is InChI=1S/C30H39O6P/c1-6-35-37(32,36-7-2)20-29(31)26-15-22(3)28(23(4)16-26)19-25-13-14-30(34-21-33-5)27(18-25)17-24-11-9-8-10-12-24/h8-16,18,29,31H,6-7,17,19-21H2,1-5H3. The van der Waals surface area contributed by atoms with Crippen molar-refractivity contribution in [1.82, 2.24) is 0 Å². The predicted octanol–water partition coefficient (Wildman–Crippen LogP) is 6.77. The molecule has 6 nitrogen and oxygen atoms in total. The van der Waals surface area contributed by atoms with Gasteiger partial charge < -0.3 is 23.6 Å². The van der Waals surface area contributed by atoms with Crippen LogP contribution in [0.15, 0.2) is 60.7 Å². The number of hydrogen-bond acceptors (Lipinski definition) is 6. The maximum atomic E-state index is 12.9. The number of aliphatic hydroxyl groups is 1. The first-order valence-electron chi connectivity index (χ1n) is 12.7. The molecule has 3 aromatic rings. The minimum Gasteiger partial charge on any atom is -0.467 e. The molecule has 0 saturated carbocycles. The van der Waals surface area contributed by atoms with Crippen LogP contribution >= 0.6 is 7.60 Å². The van der Waals surface area contributed by atoms with Gasteiger partial charge in [0, 0.05) is 13.5 Å². The summed E-state index contributed by atoms with van der Waals surface area (Å²) in [7, 11) is -1.74. The first-order valence-corrected chi connectivity index (χ1v) is 14.4. The molecule has 200 valence electrons. The molecule has 3 aromatic carbocycles. The van der Waals surface area contributed by atoms with Crippen LogP contribution < -0.4 is 4.74 Å². The maximum Gasteiger partial charge on any atom is 0.333 e. The fourth-order valence-corrected chi connectivity index (χ4v) is 6.22. The molecular formula is C30H39O6P. The SMILES string of the molecule is CCOP(=O)(CC(O)c1cc(C)c(Cc2ccc(OCOC)c(Cc3ccccc3)c2)c(C)c1)OCC. The van der Waals surface area contributed by atoms with E-state index in [9.17, 15) is 9.67 Å². The molecule has 0 aliphatic carbocycles. The highest BCUT2D eigenvalue weighted by Gasteiger charge is 2.29. The molecule has 1 unspecified atom stereocenters. The van der Waals surface area contributed by atoms with Gasteiger partial charge in [0.25, 0.3) is 0 Å². The lowest BCUT2D eigenvalue weighted by Gasteiger charge is -2.22.